The van der Waals surface area contributed by atoms with E-state index in [1.807, 2.05) is 25.3 Å². The molecule has 0 radical (unpaired) electrons. The Hall–Kier alpha value is -1.42. The first kappa shape index (κ1) is 12.6. The highest BCUT2D eigenvalue weighted by molar-refractivity contribution is 5.80. The lowest BCUT2D eigenvalue weighted by Crippen LogP contribution is -2.42. The molecular weight excluding hydrogens is 202 g/mol. The Bertz CT molecular complexity index is 324. The molecule has 1 heterocycles. The number of nitrogens with zero attached hydrogens (tertiary/aromatic N) is 2. The van der Waals surface area contributed by atoms with Crippen LogP contribution >= 0.6 is 0 Å². The molecule has 0 spiro atoms. The minimum Gasteiger partial charge on any atom is -0.347 e. The number of hydrogen-bond donors (Lipinski definition) is 1. The molecule has 1 amide bonds. The molecule has 1 atom stereocenters. The maximum absolute atomic E-state index is 11.5. The molecule has 4 heteroatoms. The summed E-state index contributed by atoms with van der Waals surface area (Å²) >= 11 is 0. The highest BCUT2D eigenvalue weighted by Gasteiger charge is 2.13. The van der Waals surface area contributed by atoms with E-state index in [9.17, 15) is 4.79 Å². The van der Waals surface area contributed by atoms with E-state index in [4.69, 9.17) is 0 Å². The molecule has 1 aromatic heterocycles. The summed E-state index contributed by atoms with van der Waals surface area (Å²) in [6.45, 7) is 2.66. The second-order valence-corrected chi connectivity index (χ2v) is 4.02. The van der Waals surface area contributed by atoms with Crippen LogP contribution in [0.15, 0.2) is 24.5 Å². The Morgan fingerprint density at radius 3 is 2.88 bits per heavy atom. The molecule has 1 N–H and O–H groups in total. The van der Waals surface area contributed by atoms with Crippen LogP contribution in [-0.2, 0) is 11.2 Å². The molecule has 0 saturated carbocycles. The number of carbonyl (C=O) groups excluding carboxylic acids is 1. The van der Waals surface area contributed by atoms with Gasteiger partial charge in [-0.2, -0.15) is 0 Å². The summed E-state index contributed by atoms with van der Waals surface area (Å²) in [5.74, 6) is 0.103. The first-order chi connectivity index (χ1) is 7.61. The van der Waals surface area contributed by atoms with Crippen molar-refractivity contribution in [3.63, 3.8) is 0 Å². The highest BCUT2D eigenvalue weighted by Crippen LogP contribution is 1.96. The van der Waals surface area contributed by atoms with Crippen molar-refractivity contribution in [2.45, 2.75) is 19.4 Å². The Balaban J connectivity index is 2.28. The van der Waals surface area contributed by atoms with Gasteiger partial charge in [0.2, 0.25) is 5.91 Å². The monoisotopic (exact) mass is 221 g/mol. The second kappa shape index (κ2) is 6.23. The third kappa shape index (κ3) is 3.98. The van der Waals surface area contributed by atoms with E-state index in [-0.39, 0.29) is 11.9 Å². The van der Waals surface area contributed by atoms with Gasteiger partial charge in [-0.05, 0) is 31.5 Å². The Kier molecular flexibility index (Phi) is 4.92. The lowest BCUT2D eigenvalue weighted by molar-refractivity contribution is -0.130. The van der Waals surface area contributed by atoms with Crippen LogP contribution in [0.25, 0.3) is 0 Å². The smallest absolute Gasteiger partial charge is 0.238 e. The predicted octanol–water partition coefficient (Wildman–Crippen LogP) is 0.690. The van der Waals surface area contributed by atoms with Crippen molar-refractivity contribution < 1.29 is 4.79 Å². The van der Waals surface area contributed by atoms with Gasteiger partial charge in [-0.1, -0.05) is 6.07 Å². The van der Waals surface area contributed by atoms with Gasteiger partial charge >= 0.3 is 0 Å². The van der Waals surface area contributed by atoms with Gasteiger partial charge in [0, 0.05) is 26.5 Å². The van der Waals surface area contributed by atoms with E-state index in [0.29, 0.717) is 0 Å². The van der Waals surface area contributed by atoms with Crippen molar-refractivity contribution in [3.05, 3.63) is 30.1 Å². The van der Waals surface area contributed by atoms with E-state index in [2.05, 4.69) is 10.3 Å². The van der Waals surface area contributed by atoms with E-state index in [1.165, 1.54) is 5.56 Å². The number of amides is 1. The van der Waals surface area contributed by atoms with Crippen molar-refractivity contribution in [3.8, 4) is 0 Å². The van der Waals surface area contributed by atoms with Crippen LogP contribution in [0.3, 0.4) is 0 Å². The molecule has 0 aliphatic rings. The van der Waals surface area contributed by atoms with Crippen molar-refractivity contribution in [1.82, 2.24) is 15.2 Å². The molecule has 1 rings (SSSR count). The molecule has 0 fully saturated rings. The topological polar surface area (TPSA) is 45.2 Å². The number of pyridine rings is 1. The van der Waals surface area contributed by atoms with Gasteiger partial charge in [0.15, 0.2) is 0 Å². The van der Waals surface area contributed by atoms with Crippen molar-refractivity contribution in [2.24, 2.45) is 0 Å². The van der Waals surface area contributed by atoms with Crippen LogP contribution in [0.4, 0.5) is 0 Å². The molecule has 0 saturated heterocycles. The SMILES string of the molecule is CC(NCCc1cccnc1)C(=O)N(C)C. The molecular formula is C12H19N3O. The Labute approximate surface area is 96.7 Å². The summed E-state index contributed by atoms with van der Waals surface area (Å²) in [4.78, 5) is 17.2. The lowest BCUT2D eigenvalue weighted by atomic mass is 10.2. The molecule has 88 valence electrons. The third-order valence-electron chi connectivity index (χ3n) is 2.40. The fraction of sp³-hybridized carbons (Fsp3) is 0.500. The van der Waals surface area contributed by atoms with Crippen LogP contribution < -0.4 is 5.32 Å². The number of hydrogen-bond acceptors (Lipinski definition) is 3. The molecule has 1 unspecified atom stereocenters. The zero-order valence-corrected chi connectivity index (χ0v) is 10.1. The summed E-state index contributed by atoms with van der Waals surface area (Å²) in [5, 5.41) is 3.19. The number of carbonyl (C=O) groups is 1. The fourth-order valence-electron chi connectivity index (χ4n) is 1.45. The van der Waals surface area contributed by atoms with Gasteiger partial charge in [0.1, 0.15) is 0 Å². The van der Waals surface area contributed by atoms with Gasteiger partial charge < -0.3 is 10.2 Å². The van der Waals surface area contributed by atoms with E-state index in [1.54, 1.807) is 25.2 Å². The van der Waals surface area contributed by atoms with Crippen LogP contribution in [0, 0.1) is 0 Å². The molecule has 16 heavy (non-hydrogen) atoms. The largest absolute Gasteiger partial charge is 0.347 e. The highest BCUT2D eigenvalue weighted by atomic mass is 16.2. The first-order valence-electron chi connectivity index (χ1n) is 5.44. The summed E-state index contributed by atoms with van der Waals surface area (Å²) in [6.07, 6.45) is 4.49. The summed E-state index contributed by atoms with van der Waals surface area (Å²) in [5.41, 5.74) is 1.18. The van der Waals surface area contributed by atoms with Gasteiger partial charge in [-0.25, -0.2) is 0 Å². The van der Waals surface area contributed by atoms with E-state index < -0.39 is 0 Å². The maximum Gasteiger partial charge on any atom is 0.238 e. The van der Waals surface area contributed by atoms with Crippen molar-refractivity contribution >= 4 is 5.91 Å². The third-order valence-corrected chi connectivity index (χ3v) is 2.40. The normalized spacial score (nSPS) is 12.2. The summed E-state index contributed by atoms with van der Waals surface area (Å²) < 4.78 is 0. The number of aromatic nitrogens is 1. The molecule has 0 aliphatic heterocycles. The standard InChI is InChI=1S/C12H19N3O/c1-10(12(16)15(2)3)14-8-6-11-5-4-7-13-9-11/h4-5,7,9-10,14H,6,8H2,1-3H3. The Morgan fingerprint density at radius 2 is 2.31 bits per heavy atom. The van der Waals surface area contributed by atoms with Crippen LogP contribution in [0.2, 0.25) is 0 Å². The minimum atomic E-state index is -0.133. The van der Waals surface area contributed by atoms with Crippen LogP contribution in [0.1, 0.15) is 12.5 Å². The number of likely N-dealkylation sites (N-methyl/N-ethyl adjacent to an activating group) is 1. The molecule has 0 aromatic carbocycles. The molecule has 0 aliphatic carbocycles. The maximum atomic E-state index is 11.5. The zero-order valence-electron chi connectivity index (χ0n) is 10.1. The zero-order chi connectivity index (χ0) is 12.0. The number of rotatable bonds is 5. The van der Waals surface area contributed by atoms with Crippen LogP contribution in [0.5, 0.6) is 0 Å². The molecule has 0 bridgehead atoms. The van der Waals surface area contributed by atoms with Crippen LogP contribution in [-0.4, -0.2) is 42.5 Å². The minimum absolute atomic E-state index is 0.103. The van der Waals surface area contributed by atoms with Gasteiger partial charge in [-0.3, -0.25) is 9.78 Å². The second-order valence-electron chi connectivity index (χ2n) is 4.02. The first-order valence-corrected chi connectivity index (χ1v) is 5.44. The Morgan fingerprint density at radius 1 is 1.56 bits per heavy atom. The average Bonchev–Trinajstić information content (AvgIpc) is 2.29. The fourth-order valence-corrected chi connectivity index (χ4v) is 1.45. The van der Waals surface area contributed by atoms with Crippen molar-refractivity contribution in [2.75, 3.05) is 20.6 Å². The van der Waals surface area contributed by atoms with E-state index in [0.717, 1.165) is 13.0 Å². The average molecular weight is 221 g/mol. The molecule has 4 nitrogen and oxygen atoms in total. The van der Waals surface area contributed by atoms with Crippen molar-refractivity contribution in [1.29, 1.82) is 0 Å². The lowest BCUT2D eigenvalue weighted by Gasteiger charge is -2.17. The molecule has 1 aromatic rings. The predicted molar refractivity (Wildman–Crippen MR) is 64.1 cm³/mol. The summed E-state index contributed by atoms with van der Waals surface area (Å²) in [6, 6.07) is 3.82. The van der Waals surface area contributed by atoms with Gasteiger partial charge in [0.05, 0.1) is 6.04 Å². The quantitative estimate of drug-likeness (QED) is 0.795. The van der Waals surface area contributed by atoms with Gasteiger partial charge in [0.25, 0.3) is 0 Å². The van der Waals surface area contributed by atoms with E-state index >= 15 is 0 Å². The van der Waals surface area contributed by atoms with Gasteiger partial charge in [-0.15, -0.1) is 0 Å². The summed E-state index contributed by atoms with van der Waals surface area (Å²) in [7, 11) is 3.53. The number of nitrogens with one attached hydrogen (secondary N) is 1.